The molecule has 2 nitrogen and oxygen atoms in total. The molecule has 0 aliphatic carbocycles. The molecule has 0 aliphatic heterocycles. The van der Waals surface area contributed by atoms with Crippen LogP contribution in [-0.2, 0) is 0 Å². The fraction of sp³-hybridized carbons (Fsp3) is 0.312. The van der Waals surface area contributed by atoms with Gasteiger partial charge in [0.1, 0.15) is 5.82 Å². The number of nitrogens with one attached hydrogen (secondary N) is 1. The zero-order valence-corrected chi connectivity index (χ0v) is 11.3. The number of benzene rings is 1. The van der Waals surface area contributed by atoms with Crippen molar-refractivity contribution in [2.45, 2.75) is 32.4 Å². The van der Waals surface area contributed by atoms with E-state index in [1.807, 2.05) is 37.3 Å². The number of nitrogens with zero attached hydrogens (tertiary/aromatic N) is 1. The van der Waals surface area contributed by atoms with Crippen molar-refractivity contribution in [3.05, 3.63) is 65.7 Å². The molecule has 0 spiro atoms. The summed E-state index contributed by atoms with van der Waals surface area (Å²) in [5.41, 5.74) is 1.69. The Kier molecular flexibility index (Phi) is 4.63. The average molecular weight is 258 g/mol. The van der Waals surface area contributed by atoms with Crippen molar-refractivity contribution in [2.75, 3.05) is 0 Å². The lowest BCUT2D eigenvalue weighted by Gasteiger charge is -2.22. The quantitative estimate of drug-likeness (QED) is 0.876. The summed E-state index contributed by atoms with van der Waals surface area (Å²) >= 11 is 0. The lowest BCUT2D eigenvalue weighted by Crippen LogP contribution is -2.25. The van der Waals surface area contributed by atoms with Crippen molar-refractivity contribution in [3.8, 4) is 0 Å². The van der Waals surface area contributed by atoms with Crippen molar-refractivity contribution in [3.63, 3.8) is 0 Å². The van der Waals surface area contributed by atoms with Gasteiger partial charge in [0, 0.05) is 23.8 Å². The molecule has 19 heavy (non-hydrogen) atoms. The van der Waals surface area contributed by atoms with Gasteiger partial charge in [0.25, 0.3) is 0 Å². The number of hydrogen-bond acceptors (Lipinski definition) is 2. The van der Waals surface area contributed by atoms with Gasteiger partial charge >= 0.3 is 0 Å². The molecule has 3 heteroatoms. The van der Waals surface area contributed by atoms with E-state index < -0.39 is 0 Å². The highest BCUT2D eigenvalue weighted by Gasteiger charge is 2.16. The van der Waals surface area contributed by atoms with Crippen LogP contribution in [-0.4, -0.2) is 4.98 Å². The van der Waals surface area contributed by atoms with E-state index in [-0.39, 0.29) is 17.9 Å². The van der Waals surface area contributed by atoms with Crippen molar-refractivity contribution in [1.29, 1.82) is 0 Å². The molecule has 2 rings (SSSR count). The second-order valence-corrected chi connectivity index (χ2v) is 4.63. The van der Waals surface area contributed by atoms with Gasteiger partial charge in [-0.2, -0.15) is 0 Å². The molecule has 1 heterocycles. The fourth-order valence-corrected chi connectivity index (χ4v) is 2.20. The third kappa shape index (κ3) is 3.38. The van der Waals surface area contributed by atoms with Crippen LogP contribution < -0.4 is 5.32 Å². The minimum Gasteiger partial charge on any atom is -0.302 e. The van der Waals surface area contributed by atoms with E-state index in [1.165, 1.54) is 6.07 Å². The van der Waals surface area contributed by atoms with E-state index in [4.69, 9.17) is 0 Å². The molecular formula is C16H19FN2. The van der Waals surface area contributed by atoms with Gasteiger partial charge in [0.15, 0.2) is 0 Å². The van der Waals surface area contributed by atoms with Crippen LogP contribution in [0.3, 0.4) is 0 Å². The van der Waals surface area contributed by atoms with Crippen LogP contribution in [0, 0.1) is 5.82 Å². The summed E-state index contributed by atoms with van der Waals surface area (Å²) in [4.78, 5) is 4.33. The van der Waals surface area contributed by atoms with Gasteiger partial charge in [-0.25, -0.2) is 4.39 Å². The Hall–Kier alpha value is -1.74. The maximum atomic E-state index is 13.8. The summed E-state index contributed by atoms with van der Waals surface area (Å²) in [5.74, 6) is -0.157. The number of pyridine rings is 1. The monoisotopic (exact) mass is 258 g/mol. The molecule has 1 N–H and O–H groups in total. The van der Waals surface area contributed by atoms with Gasteiger partial charge in [-0.1, -0.05) is 31.2 Å². The molecule has 1 aromatic carbocycles. The number of halogens is 1. The summed E-state index contributed by atoms with van der Waals surface area (Å²) in [6.45, 7) is 4.10. The molecule has 2 aromatic rings. The summed E-state index contributed by atoms with van der Waals surface area (Å²) < 4.78 is 13.8. The molecule has 100 valence electrons. The molecule has 0 saturated carbocycles. The van der Waals surface area contributed by atoms with Crippen LogP contribution in [0.25, 0.3) is 0 Å². The Morgan fingerprint density at radius 2 is 1.89 bits per heavy atom. The first-order valence-electron chi connectivity index (χ1n) is 6.63. The molecule has 0 fully saturated rings. The molecule has 0 saturated heterocycles. The first-order valence-corrected chi connectivity index (χ1v) is 6.63. The highest BCUT2D eigenvalue weighted by molar-refractivity contribution is 5.21. The number of hydrogen-bond donors (Lipinski definition) is 1. The molecule has 0 bridgehead atoms. The SMILES string of the molecule is CCC(N[C@@H](C)c1ccccn1)c1ccccc1F. The van der Waals surface area contributed by atoms with Crippen molar-refractivity contribution in [2.24, 2.45) is 0 Å². The third-order valence-electron chi connectivity index (χ3n) is 3.27. The van der Waals surface area contributed by atoms with E-state index in [9.17, 15) is 4.39 Å². The smallest absolute Gasteiger partial charge is 0.127 e. The van der Waals surface area contributed by atoms with E-state index in [1.54, 1.807) is 12.3 Å². The first kappa shape index (κ1) is 13.7. The Labute approximate surface area is 113 Å². The zero-order valence-electron chi connectivity index (χ0n) is 11.3. The Balaban J connectivity index is 2.14. The Morgan fingerprint density at radius 1 is 1.16 bits per heavy atom. The van der Waals surface area contributed by atoms with Crippen LogP contribution in [0.15, 0.2) is 48.7 Å². The van der Waals surface area contributed by atoms with E-state index in [2.05, 4.69) is 17.2 Å². The average Bonchev–Trinajstić information content (AvgIpc) is 2.46. The standard InChI is InChI=1S/C16H19FN2/c1-3-15(13-8-4-5-9-14(13)17)19-12(2)16-10-6-7-11-18-16/h4-12,15,19H,3H2,1-2H3/t12-,15?/m0/s1. The second kappa shape index (κ2) is 6.43. The Morgan fingerprint density at radius 3 is 2.53 bits per heavy atom. The minimum atomic E-state index is -0.157. The van der Waals surface area contributed by atoms with Crippen molar-refractivity contribution >= 4 is 0 Å². The maximum Gasteiger partial charge on any atom is 0.127 e. The van der Waals surface area contributed by atoms with Gasteiger partial charge in [-0.15, -0.1) is 0 Å². The lowest BCUT2D eigenvalue weighted by molar-refractivity contribution is 0.434. The first-order chi connectivity index (χ1) is 9.22. The fourth-order valence-electron chi connectivity index (χ4n) is 2.20. The summed E-state index contributed by atoms with van der Waals surface area (Å²) in [6, 6.07) is 12.8. The van der Waals surface area contributed by atoms with Gasteiger partial charge in [0.05, 0.1) is 5.69 Å². The van der Waals surface area contributed by atoms with Crippen molar-refractivity contribution in [1.82, 2.24) is 10.3 Å². The van der Waals surface area contributed by atoms with E-state index >= 15 is 0 Å². The Bertz CT molecular complexity index is 513. The molecule has 1 aromatic heterocycles. The summed E-state index contributed by atoms with van der Waals surface area (Å²) in [7, 11) is 0. The molecule has 2 atom stereocenters. The molecular weight excluding hydrogens is 239 g/mol. The topological polar surface area (TPSA) is 24.9 Å². The van der Waals surface area contributed by atoms with Gasteiger partial charge in [-0.3, -0.25) is 4.98 Å². The maximum absolute atomic E-state index is 13.8. The van der Waals surface area contributed by atoms with Crippen molar-refractivity contribution < 1.29 is 4.39 Å². The second-order valence-electron chi connectivity index (χ2n) is 4.63. The largest absolute Gasteiger partial charge is 0.302 e. The predicted molar refractivity (Wildman–Crippen MR) is 75.2 cm³/mol. The van der Waals surface area contributed by atoms with E-state index in [0.29, 0.717) is 5.56 Å². The summed E-state index contributed by atoms with van der Waals surface area (Å²) in [5, 5.41) is 3.44. The van der Waals surface area contributed by atoms with Crippen LogP contribution in [0.4, 0.5) is 4.39 Å². The van der Waals surface area contributed by atoms with Gasteiger partial charge < -0.3 is 5.32 Å². The highest BCUT2D eigenvalue weighted by atomic mass is 19.1. The van der Waals surface area contributed by atoms with Gasteiger partial charge in [-0.05, 0) is 31.5 Å². The van der Waals surface area contributed by atoms with E-state index in [0.717, 1.165) is 12.1 Å². The predicted octanol–water partition coefficient (Wildman–Crippen LogP) is 4.02. The van der Waals surface area contributed by atoms with Gasteiger partial charge in [0.2, 0.25) is 0 Å². The highest BCUT2D eigenvalue weighted by Crippen LogP contribution is 2.23. The normalized spacial score (nSPS) is 14.1. The molecule has 0 amide bonds. The molecule has 1 unspecified atom stereocenters. The number of aromatic nitrogens is 1. The third-order valence-corrected chi connectivity index (χ3v) is 3.27. The van der Waals surface area contributed by atoms with Crippen LogP contribution in [0.2, 0.25) is 0 Å². The lowest BCUT2D eigenvalue weighted by atomic mass is 10.0. The molecule has 0 aliphatic rings. The zero-order chi connectivity index (χ0) is 13.7. The van der Waals surface area contributed by atoms with Crippen LogP contribution in [0.5, 0.6) is 0 Å². The molecule has 0 radical (unpaired) electrons. The minimum absolute atomic E-state index is 0.00166. The van der Waals surface area contributed by atoms with Crippen LogP contribution >= 0.6 is 0 Å². The summed E-state index contributed by atoms with van der Waals surface area (Å²) in [6.07, 6.45) is 2.61. The van der Waals surface area contributed by atoms with Crippen LogP contribution in [0.1, 0.15) is 43.6 Å². The number of rotatable bonds is 5.